The number of fused-ring (bicyclic) bond motifs is 1. The lowest BCUT2D eigenvalue weighted by molar-refractivity contribution is -0.374. The van der Waals surface area contributed by atoms with Crippen molar-refractivity contribution in [1.82, 2.24) is 0 Å². The molecule has 0 aromatic heterocycles. The molecule has 2 fully saturated rings. The van der Waals surface area contributed by atoms with E-state index in [1.165, 1.54) is 0 Å². The van der Waals surface area contributed by atoms with Gasteiger partial charge in [-0.3, -0.25) is 4.79 Å². The van der Waals surface area contributed by atoms with E-state index >= 15 is 0 Å². The molecule has 0 aliphatic carbocycles. The third-order valence-corrected chi connectivity index (χ3v) is 4.58. The van der Waals surface area contributed by atoms with E-state index in [-0.39, 0.29) is 11.9 Å². The molecular formula is C18H16O3. The summed E-state index contributed by atoms with van der Waals surface area (Å²) in [7, 11) is 0. The Morgan fingerprint density at radius 1 is 0.952 bits per heavy atom. The van der Waals surface area contributed by atoms with Crippen molar-refractivity contribution in [3.63, 3.8) is 0 Å². The fourth-order valence-electron chi connectivity index (χ4n) is 3.69. The van der Waals surface area contributed by atoms with Crippen LogP contribution in [0.5, 0.6) is 0 Å². The van der Waals surface area contributed by atoms with Gasteiger partial charge in [0.2, 0.25) is 5.79 Å². The average molecular weight is 280 g/mol. The molecule has 2 aromatic carbocycles. The molecule has 0 spiro atoms. The number of carbonyl (C=O) groups is 1. The van der Waals surface area contributed by atoms with Gasteiger partial charge in [-0.05, 0) is 11.1 Å². The number of esters is 1. The molecule has 0 radical (unpaired) electrons. The van der Waals surface area contributed by atoms with E-state index in [1.807, 2.05) is 43.3 Å². The van der Waals surface area contributed by atoms with E-state index in [1.54, 1.807) is 0 Å². The van der Waals surface area contributed by atoms with E-state index in [4.69, 9.17) is 9.47 Å². The average Bonchev–Trinajstić information content (AvgIpc) is 2.75. The van der Waals surface area contributed by atoms with Crippen LogP contribution < -0.4 is 0 Å². The lowest BCUT2D eigenvalue weighted by Gasteiger charge is -2.56. The third-order valence-electron chi connectivity index (χ3n) is 4.58. The fraction of sp³-hybridized carbons (Fsp3) is 0.278. The maximum absolute atomic E-state index is 11.8. The molecule has 2 aliphatic rings. The van der Waals surface area contributed by atoms with E-state index < -0.39 is 11.4 Å². The molecule has 0 N–H and O–H groups in total. The minimum atomic E-state index is -0.803. The molecule has 2 aromatic rings. The van der Waals surface area contributed by atoms with Gasteiger partial charge in [0.1, 0.15) is 5.60 Å². The highest BCUT2D eigenvalue weighted by Gasteiger charge is 2.70. The van der Waals surface area contributed by atoms with E-state index in [9.17, 15) is 4.79 Å². The van der Waals surface area contributed by atoms with Crippen LogP contribution in [0.25, 0.3) is 0 Å². The van der Waals surface area contributed by atoms with Gasteiger partial charge in [0.25, 0.3) is 0 Å². The molecule has 3 heteroatoms. The summed E-state index contributed by atoms with van der Waals surface area (Å²) in [5.74, 6) is -0.985. The van der Waals surface area contributed by atoms with Crippen LogP contribution in [0.2, 0.25) is 0 Å². The van der Waals surface area contributed by atoms with Crippen molar-refractivity contribution < 1.29 is 14.3 Å². The smallest absolute Gasteiger partial charge is 0.308 e. The summed E-state index contributed by atoms with van der Waals surface area (Å²) in [6.45, 7) is 1.85. The molecule has 0 bridgehead atoms. The lowest BCUT2D eigenvalue weighted by Crippen LogP contribution is -2.63. The summed E-state index contributed by atoms with van der Waals surface area (Å²) < 4.78 is 11.6. The molecule has 4 rings (SSSR count). The van der Waals surface area contributed by atoms with Crippen LogP contribution in [0.1, 0.15) is 24.5 Å². The topological polar surface area (TPSA) is 35.5 Å². The highest BCUT2D eigenvalue weighted by molar-refractivity contribution is 5.74. The summed E-state index contributed by atoms with van der Waals surface area (Å²) in [6, 6.07) is 20.2. The molecule has 2 aliphatic heterocycles. The summed E-state index contributed by atoms with van der Waals surface area (Å²) in [5.41, 5.74) is 1.54. The number of hydrogen-bond donors (Lipinski definition) is 0. The molecule has 0 amide bonds. The van der Waals surface area contributed by atoms with Crippen molar-refractivity contribution in [1.29, 1.82) is 0 Å². The molecule has 0 unspecified atom stereocenters. The van der Waals surface area contributed by atoms with Crippen molar-refractivity contribution in [3.05, 3.63) is 71.8 Å². The molecule has 21 heavy (non-hydrogen) atoms. The molecule has 2 heterocycles. The molecule has 0 saturated carbocycles. The summed E-state index contributed by atoms with van der Waals surface area (Å²) in [6.07, 6.45) is 0.389. The van der Waals surface area contributed by atoms with Crippen LogP contribution in [0.3, 0.4) is 0 Å². The summed E-state index contributed by atoms with van der Waals surface area (Å²) in [4.78, 5) is 11.8. The third kappa shape index (κ3) is 1.61. The van der Waals surface area contributed by atoms with Gasteiger partial charge in [-0.2, -0.15) is 0 Å². The highest BCUT2D eigenvalue weighted by Crippen LogP contribution is 2.61. The fourth-order valence-corrected chi connectivity index (χ4v) is 3.69. The zero-order chi connectivity index (χ0) is 14.5. The van der Waals surface area contributed by atoms with Gasteiger partial charge in [-0.25, -0.2) is 0 Å². The van der Waals surface area contributed by atoms with Crippen LogP contribution >= 0.6 is 0 Å². The van der Waals surface area contributed by atoms with Crippen LogP contribution in [0.4, 0.5) is 0 Å². The van der Waals surface area contributed by atoms with Crippen LogP contribution in [0, 0.1) is 5.92 Å². The minimum Gasteiger partial charge on any atom is -0.433 e. The molecule has 2 atom stereocenters. The summed E-state index contributed by atoms with van der Waals surface area (Å²) in [5, 5.41) is 0. The Kier molecular flexibility index (Phi) is 2.51. The molecule has 106 valence electrons. The number of rotatable bonds is 2. The first-order chi connectivity index (χ1) is 10.2. The van der Waals surface area contributed by atoms with Crippen LogP contribution in [0.15, 0.2) is 60.7 Å². The Morgan fingerprint density at radius 2 is 1.48 bits per heavy atom. The maximum atomic E-state index is 11.8. The van der Waals surface area contributed by atoms with Gasteiger partial charge in [0.05, 0.1) is 12.3 Å². The van der Waals surface area contributed by atoms with E-state index in [0.717, 1.165) is 11.1 Å². The number of hydrogen-bond acceptors (Lipinski definition) is 3. The largest absolute Gasteiger partial charge is 0.433 e. The monoisotopic (exact) mass is 280 g/mol. The SMILES string of the molecule is C[C@]12OC(=O)C[C@@H]1C(c1ccccc1)(c1ccccc1)O2. The predicted octanol–water partition coefficient (Wildman–Crippen LogP) is 3.24. The number of ether oxygens (including phenoxy) is 2. The van der Waals surface area contributed by atoms with Crippen molar-refractivity contribution >= 4 is 5.97 Å². The first kappa shape index (κ1) is 12.6. The Labute approximate surface area is 123 Å². The molecular weight excluding hydrogens is 264 g/mol. The van der Waals surface area contributed by atoms with Gasteiger partial charge in [-0.15, -0.1) is 0 Å². The van der Waals surface area contributed by atoms with Gasteiger partial charge in [0, 0.05) is 6.92 Å². The zero-order valence-electron chi connectivity index (χ0n) is 11.8. The van der Waals surface area contributed by atoms with Gasteiger partial charge >= 0.3 is 5.97 Å². The Bertz CT molecular complexity index is 641. The van der Waals surface area contributed by atoms with Crippen LogP contribution in [-0.4, -0.2) is 11.8 Å². The Hall–Kier alpha value is -2.13. The van der Waals surface area contributed by atoms with Crippen LogP contribution in [-0.2, 0) is 19.9 Å². The molecule has 3 nitrogen and oxygen atoms in total. The normalized spacial score (nSPS) is 29.4. The van der Waals surface area contributed by atoms with Crippen molar-refractivity contribution in [2.75, 3.05) is 0 Å². The van der Waals surface area contributed by atoms with Crippen molar-refractivity contribution in [2.45, 2.75) is 24.7 Å². The maximum Gasteiger partial charge on any atom is 0.308 e. The first-order valence-electron chi connectivity index (χ1n) is 7.18. The van der Waals surface area contributed by atoms with E-state index in [0.29, 0.717) is 6.42 Å². The Morgan fingerprint density at radius 3 is 1.95 bits per heavy atom. The van der Waals surface area contributed by atoms with Gasteiger partial charge < -0.3 is 9.47 Å². The standard InChI is InChI=1S/C18H16O3/c1-17-15(12-16(19)20-17)18(21-17,13-8-4-2-5-9-13)14-10-6-3-7-11-14/h2-11,15H,12H2,1H3/t15-,17+/m0/s1. The quantitative estimate of drug-likeness (QED) is 0.792. The lowest BCUT2D eigenvalue weighted by atomic mass is 9.67. The predicted molar refractivity (Wildman–Crippen MR) is 77.4 cm³/mol. The zero-order valence-corrected chi connectivity index (χ0v) is 11.8. The first-order valence-corrected chi connectivity index (χ1v) is 7.18. The highest BCUT2D eigenvalue weighted by atomic mass is 16.8. The second-order valence-electron chi connectivity index (χ2n) is 5.82. The van der Waals surface area contributed by atoms with E-state index in [2.05, 4.69) is 24.3 Å². The number of benzene rings is 2. The second-order valence-corrected chi connectivity index (χ2v) is 5.82. The Balaban J connectivity index is 1.88. The summed E-state index contributed by atoms with van der Waals surface area (Å²) >= 11 is 0. The minimum absolute atomic E-state index is 0.00213. The number of carbonyl (C=O) groups excluding carboxylic acids is 1. The van der Waals surface area contributed by atoms with Gasteiger partial charge in [-0.1, -0.05) is 60.7 Å². The second kappa shape index (κ2) is 4.18. The van der Waals surface area contributed by atoms with Crippen molar-refractivity contribution in [2.24, 2.45) is 5.92 Å². The van der Waals surface area contributed by atoms with Crippen molar-refractivity contribution in [3.8, 4) is 0 Å². The molecule has 2 saturated heterocycles. The van der Waals surface area contributed by atoms with Gasteiger partial charge in [0.15, 0.2) is 0 Å².